The number of hydrogen-bond donors (Lipinski definition) is 1. The maximum absolute atomic E-state index is 13.0. The topological polar surface area (TPSA) is 108 Å². The van der Waals surface area contributed by atoms with E-state index in [1.165, 1.54) is 12.1 Å². The molecule has 0 aliphatic heterocycles. The van der Waals surface area contributed by atoms with Crippen LogP contribution in [-0.4, -0.2) is 45.5 Å². The van der Waals surface area contributed by atoms with Crippen molar-refractivity contribution < 1.29 is 31.7 Å². The summed E-state index contributed by atoms with van der Waals surface area (Å²) in [6.45, 7) is 5.34. The molecular weight excluding hydrogens is 506 g/mol. The Balaban J connectivity index is 1.44. The van der Waals surface area contributed by atoms with Crippen molar-refractivity contribution >= 4 is 22.2 Å². The number of carbonyl (C=O) groups is 2. The molecule has 1 aliphatic rings. The normalized spacial score (nSPS) is 13.7. The first-order valence-corrected chi connectivity index (χ1v) is 14.0. The van der Waals surface area contributed by atoms with Crippen molar-refractivity contribution in [2.75, 3.05) is 19.4 Å². The number of carbonyl (C=O) groups excluding carboxylic acids is 2. The third-order valence-electron chi connectivity index (χ3n) is 6.02. The number of esters is 1. The molecule has 0 radical (unpaired) electrons. The van der Waals surface area contributed by atoms with E-state index in [-0.39, 0.29) is 24.8 Å². The minimum absolute atomic E-state index is 0.0716. The van der Waals surface area contributed by atoms with Crippen LogP contribution in [0.25, 0.3) is 11.1 Å². The van der Waals surface area contributed by atoms with E-state index in [1.807, 2.05) is 36.4 Å². The van der Waals surface area contributed by atoms with Gasteiger partial charge >= 0.3 is 22.2 Å². The molecule has 3 aromatic carbocycles. The Bertz CT molecular complexity index is 1380. The summed E-state index contributed by atoms with van der Waals surface area (Å²) >= 11 is 0. The lowest BCUT2D eigenvalue weighted by Crippen LogP contribution is -2.36. The second kappa shape index (κ2) is 10.9. The van der Waals surface area contributed by atoms with Gasteiger partial charge in [0.25, 0.3) is 0 Å². The zero-order valence-corrected chi connectivity index (χ0v) is 22.6. The molecule has 1 atom stereocenters. The molecule has 38 heavy (non-hydrogen) atoms. The molecule has 1 amide bonds. The minimum atomic E-state index is -3.69. The van der Waals surface area contributed by atoms with Gasteiger partial charge in [0.1, 0.15) is 18.0 Å². The fourth-order valence-corrected chi connectivity index (χ4v) is 4.94. The van der Waals surface area contributed by atoms with Gasteiger partial charge in [-0.2, -0.15) is 8.42 Å². The number of ether oxygens (including phenoxy) is 2. The predicted octanol–water partition coefficient (Wildman–Crippen LogP) is 4.99. The van der Waals surface area contributed by atoms with E-state index in [9.17, 15) is 18.0 Å². The van der Waals surface area contributed by atoms with Crippen LogP contribution in [0, 0.1) is 0 Å². The summed E-state index contributed by atoms with van der Waals surface area (Å²) in [4.78, 5) is 25.7. The Morgan fingerprint density at radius 1 is 0.895 bits per heavy atom. The van der Waals surface area contributed by atoms with Gasteiger partial charge in [-0.3, -0.25) is 4.79 Å². The Labute approximate surface area is 223 Å². The van der Waals surface area contributed by atoms with Crippen molar-refractivity contribution in [1.29, 1.82) is 0 Å². The van der Waals surface area contributed by atoms with Crippen LogP contribution in [-0.2, 0) is 24.4 Å². The van der Waals surface area contributed by atoms with Crippen LogP contribution >= 0.6 is 0 Å². The lowest BCUT2D eigenvalue weighted by Gasteiger charge is -2.24. The largest absolute Gasteiger partial charge is 0.459 e. The minimum Gasteiger partial charge on any atom is -0.459 e. The summed E-state index contributed by atoms with van der Waals surface area (Å²) in [5.41, 5.74) is 4.25. The smallest absolute Gasteiger partial charge is 0.407 e. The molecule has 0 fully saturated rings. The van der Waals surface area contributed by atoms with Gasteiger partial charge in [0.2, 0.25) is 0 Å². The third kappa shape index (κ3) is 6.72. The van der Waals surface area contributed by atoms with Crippen molar-refractivity contribution in [3.05, 3.63) is 89.5 Å². The van der Waals surface area contributed by atoms with Crippen molar-refractivity contribution in [2.45, 2.75) is 38.2 Å². The van der Waals surface area contributed by atoms with Crippen molar-refractivity contribution in [3.63, 3.8) is 0 Å². The van der Waals surface area contributed by atoms with Crippen molar-refractivity contribution in [3.8, 4) is 16.9 Å². The molecule has 1 unspecified atom stereocenters. The molecule has 0 saturated heterocycles. The third-order valence-corrected chi connectivity index (χ3v) is 6.51. The van der Waals surface area contributed by atoms with Crippen LogP contribution in [0.4, 0.5) is 4.79 Å². The number of alkyl carbamates (subject to hydrolysis) is 1. The van der Waals surface area contributed by atoms with Crippen LogP contribution in [0.5, 0.6) is 5.75 Å². The number of benzene rings is 3. The van der Waals surface area contributed by atoms with Gasteiger partial charge < -0.3 is 19.0 Å². The highest BCUT2D eigenvalue weighted by atomic mass is 32.2. The summed E-state index contributed by atoms with van der Waals surface area (Å²) in [5, 5.41) is 2.68. The molecule has 1 N–H and O–H groups in total. The lowest BCUT2D eigenvalue weighted by molar-refractivity contribution is -0.156. The van der Waals surface area contributed by atoms with Crippen LogP contribution in [0.1, 0.15) is 49.3 Å². The Morgan fingerprint density at radius 3 is 1.97 bits per heavy atom. The van der Waals surface area contributed by atoms with Gasteiger partial charge in [0, 0.05) is 12.5 Å². The molecule has 9 heteroatoms. The van der Waals surface area contributed by atoms with Crippen LogP contribution in [0.2, 0.25) is 0 Å². The number of fused-ring (bicyclic) bond motifs is 3. The first-order chi connectivity index (χ1) is 17.9. The fourth-order valence-electron chi connectivity index (χ4n) is 4.48. The second-order valence-electron chi connectivity index (χ2n) is 10.1. The van der Waals surface area contributed by atoms with Crippen LogP contribution in [0.15, 0.2) is 72.8 Å². The molecule has 3 aromatic rings. The number of hydrogen-bond acceptors (Lipinski definition) is 7. The van der Waals surface area contributed by atoms with E-state index in [4.69, 9.17) is 13.7 Å². The molecule has 0 spiro atoms. The van der Waals surface area contributed by atoms with E-state index in [1.54, 1.807) is 32.9 Å². The molecule has 0 saturated carbocycles. The SMILES string of the molecule is CC(C)(C)OC(=O)C(CNC(=O)OCC1c2ccccc2-c2ccccc21)c1ccc(OS(C)(=O)=O)cc1. The molecule has 0 bridgehead atoms. The second-order valence-corrected chi connectivity index (χ2v) is 11.7. The maximum atomic E-state index is 13.0. The molecule has 1 aliphatic carbocycles. The van der Waals surface area contributed by atoms with E-state index in [0.29, 0.717) is 5.56 Å². The van der Waals surface area contributed by atoms with Gasteiger partial charge in [0.15, 0.2) is 0 Å². The molecule has 0 aromatic heterocycles. The Morgan fingerprint density at radius 2 is 1.45 bits per heavy atom. The fraction of sp³-hybridized carbons (Fsp3) is 0.310. The summed E-state index contributed by atoms with van der Waals surface area (Å²) in [7, 11) is -3.69. The lowest BCUT2D eigenvalue weighted by atomic mass is 9.98. The van der Waals surface area contributed by atoms with E-state index in [2.05, 4.69) is 17.4 Å². The summed E-state index contributed by atoms with van der Waals surface area (Å²) < 4.78 is 38.8. The van der Waals surface area contributed by atoms with Gasteiger partial charge in [-0.25, -0.2) is 4.79 Å². The summed E-state index contributed by atoms with van der Waals surface area (Å²) in [6.07, 6.45) is 0.292. The van der Waals surface area contributed by atoms with E-state index < -0.39 is 33.7 Å². The highest BCUT2D eigenvalue weighted by molar-refractivity contribution is 7.86. The monoisotopic (exact) mass is 537 g/mol. The highest BCUT2D eigenvalue weighted by Gasteiger charge is 2.30. The van der Waals surface area contributed by atoms with E-state index >= 15 is 0 Å². The Kier molecular flexibility index (Phi) is 7.78. The number of nitrogens with one attached hydrogen (secondary N) is 1. The van der Waals surface area contributed by atoms with Crippen molar-refractivity contribution in [2.24, 2.45) is 0 Å². The quantitative estimate of drug-likeness (QED) is 0.319. The van der Waals surface area contributed by atoms with Crippen LogP contribution in [0.3, 0.4) is 0 Å². The van der Waals surface area contributed by atoms with Gasteiger partial charge in [-0.15, -0.1) is 0 Å². The van der Waals surface area contributed by atoms with Gasteiger partial charge in [-0.05, 0) is 60.7 Å². The van der Waals surface area contributed by atoms with Crippen LogP contribution < -0.4 is 9.50 Å². The molecular formula is C29H31NO7S. The predicted molar refractivity (Wildman–Crippen MR) is 144 cm³/mol. The first kappa shape index (κ1) is 27.2. The first-order valence-electron chi connectivity index (χ1n) is 12.2. The zero-order chi connectivity index (χ0) is 27.5. The van der Waals surface area contributed by atoms with Gasteiger partial charge in [0.05, 0.1) is 12.2 Å². The van der Waals surface area contributed by atoms with E-state index in [0.717, 1.165) is 28.5 Å². The maximum Gasteiger partial charge on any atom is 0.407 e. The molecule has 0 heterocycles. The Hall–Kier alpha value is -3.85. The van der Waals surface area contributed by atoms with Gasteiger partial charge in [-0.1, -0.05) is 60.7 Å². The summed E-state index contributed by atoms with van der Waals surface area (Å²) in [6, 6.07) is 22.1. The summed E-state index contributed by atoms with van der Waals surface area (Å²) in [5.74, 6) is -1.35. The number of amides is 1. The molecule has 200 valence electrons. The average molecular weight is 538 g/mol. The molecule has 8 nitrogen and oxygen atoms in total. The highest BCUT2D eigenvalue weighted by Crippen LogP contribution is 2.44. The standard InChI is InChI=1S/C29H31NO7S/c1-29(2,3)36-27(31)25(19-13-15-20(16-14-19)37-38(4,33)34)17-30-28(32)35-18-26-23-11-7-5-9-21(23)22-10-6-8-12-24(22)26/h5-16,25-26H,17-18H2,1-4H3,(H,30,32). The number of rotatable bonds is 8. The average Bonchev–Trinajstić information content (AvgIpc) is 3.15. The zero-order valence-electron chi connectivity index (χ0n) is 21.8. The molecule has 4 rings (SSSR count). The van der Waals surface area contributed by atoms with Crippen molar-refractivity contribution in [1.82, 2.24) is 5.32 Å².